The van der Waals surface area contributed by atoms with Crippen LogP contribution in [0.15, 0.2) is 11.9 Å². The van der Waals surface area contributed by atoms with Gasteiger partial charge in [-0.25, -0.2) is 0 Å². The fraction of sp³-hybridized carbons (Fsp3) is 0.600. The predicted octanol–water partition coefficient (Wildman–Crippen LogP) is 2.30. The summed E-state index contributed by atoms with van der Waals surface area (Å²) in [6.07, 6.45) is 0. The van der Waals surface area contributed by atoms with Gasteiger partial charge >= 0.3 is 8.03 Å². The van der Waals surface area contributed by atoms with E-state index in [0.717, 1.165) is 0 Å². The van der Waals surface area contributed by atoms with Gasteiger partial charge in [0.2, 0.25) is 0 Å². The van der Waals surface area contributed by atoms with Crippen molar-refractivity contribution in [2.45, 2.75) is 13.8 Å². The largest absolute Gasteiger partial charge is 0.543 e. The van der Waals surface area contributed by atoms with Gasteiger partial charge < -0.3 is 0 Å². The van der Waals surface area contributed by atoms with Gasteiger partial charge in [0.1, 0.15) is 6.61 Å². The second-order valence-corrected chi connectivity index (χ2v) is 2.95. The van der Waals surface area contributed by atoms with Crippen molar-refractivity contribution in [3.8, 4) is 0 Å². The van der Waals surface area contributed by atoms with E-state index in [0.29, 0.717) is 11.9 Å². The fourth-order valence-electron chi connectivity index (χ4n) is 0.227. The molecule has 0 heterocycles. The van der Waals surface area contributed by atoms with E-state index in [-0.39, 0.29) is 0 Å². The number of allylic oxidation sites excluding steroid dienone is 1. The monoisotopic (exact) mass is 133 g/mol. The minimum absolute atomic E-state index is 0.488. The Morgan fingerprint density at radius 1 is 1.88 bits per heavy atom. The molecule has 1 atom stereocenters. The summed E-state index contributed by atoms with van der Waals surface area (Å²) in [6, 6.07) is 0. The van der Waals surface area contributed by atoms with Crippen molar-refractivity contribution in [2.75, 3.05) is 6.61 Å². The van der Waals surface area contributed by atoms with Gasteiger partial charge in [-0.1, -0.05) is 0 Å². The van der Waals surface area contributed by atoms with E-state index < -0.39 is 8.03 Å². The first-order valence-electron chi connectivity index (χ1n) is 2.44. The smallest absolute Gasteiger partial charge is 0.142 e. The van der Waals surface area contributed by atoms with Crippen LogP contribution in [0.4, 0.5) is 0 Å². The molecule has 0 rings (SSSR count). The van der Waals surface area contributed by atoms with Crippen LogP contribution in [0.3, 0.4) is 0 Å². The summed E-state index contributed by atoms with van der Waals surface area (Å²) in [5, 5.41) is 0.599. The van der Waals surface area contributed by atoms with E-state index >= 15 is 0 Å². The third kappa shape index (κ3) is 2.89. The molecule has 0 aromatic heterocycles. The third-order valence-corrected chi connectivity index (χ3v) is 1.67. The molecule has 0 radical (unpaired) electrons. The fourth-order valence-corrected chi connectivity index (χ4v) is 0.682. The SMILES string of the molecule is C=C(C)[P+](=O)OCC. The highest BCUT2D eigenvalue weighted by molar-refractivity contribution is 7.44. The molecule has 0 saturated heterocycles. The molecule has 0 bridgehead atoms. The second-order valence-electron chi connectivity index (χ2n) is 1.41. The second kappa shape index (κ2) is 3.76. The van der Waals surface area contributed by atoms with E-state index in [2.05, 4.69) is 6.58 Å². The zero-order chi connectivity index (χ0) is 6.57. The number of hydrogen-bond donors (Lipinski definition) is 0. The zero-order valence-corrected chi connectivity index (χ0v) is 6.07. The van der Waals surface area contributed by atoms with Crippen LogP contribution < -0.4 is 0 Å². The molecule has 0 aliphatic rings. The van der Waals surface area contributed by atoms with E-state index in [1.54, 1.807) is 13.8 Å². The molecule has 46 valence electrons. The maximum absolute atomic E-state index is 10.6. The highest BCUT2D eigenvalue weighted by atomic mass is 31.1. The van der Waals surface area contributed by atoms with Gasteiger partial charge in [0, 0.05) is 6.92 Å². The minimum Gasteiger partial charge on any atom is -0.142 e. The summed E-state index contributed by atoms with van der Waals surface area (Å²) < 4.78 is 15.3. The van der Waals surface area contributed by atoms with Gasteiger partial charge in [-0.2, -0.15) is 0 Å². The molecule has 1 unspecified atom stereocenters. The number of rotatable bonds is 3. The predicted molar refractivity (Wildman–Crippen MR) is 34.0 cm³/mol. The first-order valence-corrected chi connectivity index (χ1v) is 3.62. The molecular formula is C5H10O2P+. The van der Waals surface area contributed by atoms with Crippen LogP contribution in [0.25, 0.3) is 0 Å². The maximum atomic E-state index is 10.6. The molecular weight excluding hydrogens is 123 g/mol. The molecule has 0 aromatic carbocycles. The van der Waals surface area contributed by atoms with E-state index in [4.69, 9.17) is 4.52 Å². The van der Waals surface area contributed by atoms with Crippen LogP contribution in [0.2, 0.25) is 0 Å². The normalized spacial score (nSPS) is 11.0. The third-order valence-electron chi connectivity index (χ3n) is 0.558. The Balaban J connectivity index is 3.49. The van der Waals surface area contributed by atoms with Gasteiger partial charge in [0.15, 0.2) is 5.31 Å². The molecule has 0 N–H and O–H groups in total. The molecule has 0 amide bonds. The van der Waals surface area contributed by atoms with Crippen LogP contribution >= 0.6 is 8.03 Å². The standard InChI is InChI=1S/C5H10O2P/c1-4-7-8(6)5(2)3/h2,4H2,1,3H3/q+1. The Hall–Kier alpha value is -0.200. The highest BCUT2D eigenvalue weighted by Crippen LogP contribution is 2.30. The van der Waals surface area contributed by atoms with Crippen molar-refractivity contribution < 1.29 is 9.09 Å². The van der Waals surface area contributed by atoms with Crippen molar-refractivity contribution in [1.82, 2.24) is 0 Å². The maximum Gasteiger partial charge on any atom is 0.543 e. The van der Waals surface area contributed by atoms with Crippen molar-refractivity contribution >= 4 is 8.03 Å². The lowest BCUT2D eigenvalue weighted by Gasteiger charge is -1.78. The van der Waals surface area contributed by atoms with E-state index in [9.17, 15) is 4.57 Å². The molecule has 0 aromatic rings. The molecule has 0 fully saturated rings. The van der Waals surface area contributed by atoms with Gasteiger partial charge in [-0.05, 0) is 18.1 Å². The summed E-state index contributed by atoms with van der Waals surface area (Å²) in [4.78, 5) is 0. The van der Waals surface area contributed by atoms with Crippen molar-refractivity contribution in [3.05, 3.63) is 11.9 Å². The first-order chi connectivity index (χ1) is 3.68. The van der Waals surface area contributed by atoms with Crippen LogP contribution in [0.1, 0.15) is 13.8 Å². The summed E-state index contributed by atoms with van der Waals surface area (Å²) in [5.74, 6) is 0. The lowest BCUT2D eigenvalue weighted by atomic mass is 10.8. The molecule has 0 saturated carbocycles. The Bertz CT molecular complexity index is 109. The van der Waals surface area contributed by atoms with E-state index in [1.165, 1.54) is 0 Å². The average Bonchev–Trinajstić information content (AvgIpc) is 1.67. The average molecular weight is 133 g/mol. The molecule has 8 heavy (non-hydrogen) atoms. The molecule has 3 heteroatoms. The van der Waals surface area contributed by atoms with Gasteiger partial charge in [0.25, 0.3) is 0 Å². The highest BCUT2D eigenvalue weighted by Gasteiger charge is 2.16. The Labute approximate surface area is 50.4 Å². The van der Waals surface area contributed by atoms with Gasteiger partial charge in [0.05, 0.1) is 0 Å². The summed E-state index contributed by atoms with van der Waals surface area (Å²) in [6.45, 7) is 7.44. The first kappa shape index (κ1) is 7.80. The Kier molecular flexibility index (Phi) is 3.67. The lowest BCUT2D eigenvalue weighted by molar-refractivity contribution is 0.355. The molecule has 0 aliphatic heterocycles. The van der Waals surface area contributed by atoms with Crippen molar-refractivity contribution in [3.63, 3.8) is 0 Å². The van der Waals surface area contributed by atoms with Crippen molar-refractivity contribution in [2.24, 2.45) is 0 Å². The topological polar surface area (TPSA) is 26.3 Å². The van der Waals surface area contributed by atoms with Crippen molar-refractivity contribution in [1.29, 1.82) is 0 Å². The zero-order valence-electron chi connectivity index (χ0n) is 5.18. The Morgan fingerprint density at radius 3 is 2.50 bits per heavy atom. The summed E-state index contributed by atoms with van der Waals surface area (Å²) >= 11 is 0. The summed E-state index contributed by atoms with van der Waals surface area (Å²) in [5.41, 5.74) is 0. The van der Waals surface area contributed by atoms with E-state index in [1.807, 2.05) is 0 Å². The minimum atomic E-state index is -1.58. The Morgan fingerprint density at radius 2 is 2.38 bits per heavy atom. The van der Waals surface area contributed by atoms with Gasteiger partial charge in [-0.15, -0.1) is 4.52 Å². The van der Waals surface area contributed by atoms with Crippen LogP contribution in [-0.4, -0.2) is 6.61 Å². The van der Waals surface area contributed by atoms with Gasteiger partial charge in [-0.3, -0.25) is 0 Å². The molecule has 2 nitrogen and oxygen atoms in total. The van der Waals surface area contributed by atoms with Crippen LogP contribution in [-0.2, 0) is 9.09 Å². The lowest BCUT2D eigenvalue weighted by Crippen LogP contribution is -1.75. The van der Waals surface area contributed by atoms with Crippen LogP contribution in [0, 0.1) is 0 Å². The molecule has 0 aliphatic carbocycles. The van der Waals surface area contributed by atoms with Crippen LogP contribution in [0.5, 0.6) is 0 Å². The quantitative estimate of drug-likeness (QED) is 0.552. The summed E-state index contributed by atoms with van der Waals surface area (Å²) in [7, 11) is -1.58. The number of hydrogen-bond acceptors (Lipinski definition) is 2. The molecule has 0 spiro atoms.